The van der Waals surface area contributed by atoms with E-state index in [9.17, 15) is 29.1 Å². The van der Waals surface area contributed by atoms with E-state index in [4.69, 9.17) is 15.5 Å². The Morgan fingerprint density at radius 3 is 2.32 bits per heavy atom. The SMILES string of the molecule is CCCCCCN(C(=O)[C@H](C(=O)N[C@@H]1CCCCN1)[C@@H](C)CC)[C@H](C[C@@H](OCC)c1nc(NC(=O)[C@@H](Cc2ccc(NC(=O)CN)cc2)CC(C)(C)C(=O)O)cs1)C(C)C. The molecule has 4 amide bonds. The number of aromatic nitrogens is 1. The summed E-state index contributed by atoms with van der Waals surface area (Å²) in [4.78, 5) is 73.4. The van der Waals surface area contributed by atoms with Crippen molar-refractivity contribution in [3.63, 3.8) is 0 Å². The number of hydrogen-bond donors (Lipinski definition) is 6. The largest absolute Gasteiger partial charge is 0.481 e. The minimum Gasteiger partial charge on any atom is -0.481 e. The molecule has 0 aliphatic carbocycles. The average Bonchev–Trinajstić information content (AvgIpc) is 3.68. The van der Waals surface area contributed by atoms with Crippen molar-refractivity contribution in [2.45, 2.75) is 144 Å². The Labute approximate surface area is 361 Å². The smallest absolute Gasteiger partial charge is 0.309 e. The zero-order valence-electron chi connectivity index (χ0n) is 37.3. The van der Waals surface area contributed by atoms with E-state index in [1.807, 2.05) is 25.7 Å². The molecule has 60 heavy (non-hydrogen) atoms. The quantitative estimate of drug-likeness (QED) is 0.0418. The summed E-state index contributed by atoms with van der Waals surface area (Å²) in [6.45, 7) is 17.1. The first-order chi connectivity index (χ1) is 28.5. The van der Waals surface area contributed by atoms with Gasteiger partial charge in [0.15, 0.2) is 0 Å². The van der Waals surface area contributed by atoms with E-state index in [2.05, 4.69) is 42.0 Å². The number of anilines is 2. The lowest BCUT2D eigenvalue weighted by molar-refractivity contribution is -0.149. The van der Waals surface area contributed by atoms with Crippen LogP contribution in [0.3, 0.4) is 0 Å². The van der Waals surface area contributed by atoms with Crippen molar-refractivity contribution in [2.24, 2.45) is 34.8 Å². The number of amides is 4. The van der Waals surface area contributed by atoms with Gasteiger partial charge in [0.2, 0.25) is 23.6 Å². The third-order valence-corrected chi connectivity index (χ3v) is 12.5. The number of unbranched alkanes of at least 4 members (excludes halogenated alkanes) is 3. The van der Waals surface area contributed by atoms with Crippen molar-refractivity contribution in [1.29, 1.82) is 0 Å². The molecule has 336 valence electrons. The molecule has 1 aliphatic rings. The molecule has 0 saturated carbocycles. The van der Waals surface area contributed by atoms with E-state index in [1.54, 1.807) is 43.5 Å². The second-order valence-electron chi connectivity index (χ2n) is 17.3. The Balaban J connectivity index is 1.89. The number of nitrogens with one attached hydrogen (secondary N) is 4. The van der Waals surface area contributed by atoms with Crippen LogP contribution in [0, 0.1) is 29.1 Å². The lowest BCUT2D eigenvalue weighted by Gasteiger charge is -2.39. The summed E-state index contributed by atoms with van der Waals surface area (Å²) in [6.07, 6.45) is 7.67. The highest BCUT2D eigenvalue weighted by Crippen LogP contribution is 2.34. The Bertz CT molecular complexity index is 1660. The third kappa shape index (κ3) is 15.5. The fourth-order valence-corrected chi connectivity index (χ4v) is 8.55. The number of nitrogens with zero attached hydrogens (tertiary/aromatic N) is 2. The summed E-state index contributed by atoms with van der Waals surface area (Å²) in [5, 5.41) is 24.5. The van der Waals surface area contributed by atoms with Gasteiger partial charge in [0.1, 0.15) is 22.8 Å². The molecule has 1 aromatic heterocycles. The Hall–Kier alpha value is -3.92. The van der Waals surface area contributed by atoms with Gasteiger partial charge in [-0.05, 0) is 95.4 Å². The Kier molecular flexibility index (Phi) is 21.1. The number of aliphatic carboxylic acids is 1. The van der Waals surface area contributed by atoms with Crippen molar-refractivity contribution in [3.8, 4) is 0 Å². The molecule has 6 atom stereocenters. The van der Waals surface area contributed by atoms with Gasteiger partial charge in [-0.15, -0.1) is 11.3 Å². The summed E-state index contributed by atoms with van der Waals surface area (Å²) < 4.78 is 6.35. The van der Waals surface area contributed by atoms with E-state index < -0.39 is 29.3 Å². The summed E-state index contributed by atoms with van der Waals surface area (Å²) in [6, 6.07) is 6.77. The molecule has 2 heterocycles. The van der Waals surface area contributed by atoms with E-state index in [0.717, 1.165) is 57.1 Å². The van der Waals surface area contributed by atoms with Gasteiger partial charge in [0.05, 0.1) is 18.1 Å². The van der Waals surface area contributed by atoms with Crippen molar-refractivity contribution < 1.29 is 33.8 Å². The van der Waals surface area contributed by atoms with Crippen LogP contribution in [-0.4, -0.2) is 83.0 Å². The maximum Gasteiger partial charge on any atom is 0.309 e. The van der Waals surface area contributed by atoms with E-state index >= 15 is 0 Å². The second kappa shape index (κ2) is 25.1. The van der Waals surface area contributed by atoms with Crippen LogP contribution in [0.2, 0.25) is 0 Å². The number of carboxylic acids is 1. The van der Waals surface area contributed by atoms with Gasteiger partial charge in [0, 0.05) is 42.6 Å². The van der Waals surface area contributed by atoms with Gasteiger partial charge < -0.3 is 36.4 Å². The van der Waals surface area contributed by atoms with Gasteiger partial charge in [-0.3, -0.25) is 29.3 Å². The predicted octanol–water partition coefficient (Wildman–Crippen LogP) is 7.12. The van der Waals surface area contributed by atoms with Crippen molar-refractivity contribution in [2.75, 3.05) is 36.9 Å². The van der Waals surface area contributed by atoms with Crippen molar-refractivity contribution in [1.82, 2.24) is 20.5 Å². The van der Waals surface area contributed by atoms with E-state index in [-0.39, 0.29) is 67.1 Å². The maximum atomic E-state index is 14.8. The number of ether oxygens (including phenoxy) is 1. The lowest BCUT2D eigenvalue weighted by atomic mass is 9.80. The first kappa shape index (κ1) is 50.4. The minimum atomic E-state index is -1.18. The summed E-state index contributed by atoms with van der Waals surface area (Å²) in [5.41, 5.74) is 5.60. The third-order valence-electron chi connectivity index (χ3n) is 11.6. The standard InChI is InChI=1S/C45H73N7O7S/c1-9-12-13-16-23-52(43(56)39(30(6)10-2)41(55)49-36-17-14-15-22-47-36)34(29(4)5)25-35(59-11-3)42-51-37(28-60-42)50-40(54)32(26-45(7,8)44(57)58)24-31-18-20-33(21-19-31)48-38(53)27-46/h18-21,28-30,32,34-36,39,47H,9-17,22-27,46H2,1-8H3,(H,48,53)(H,49,55)(H,50,54)(H,57,58)/t30-,32-,34+,35+,36+,39-/m0/s1. The molecular weight excluding hydrogens is 783 g/mol. The van der Waals surface area contributed by atoms with Crippen LogP contribution in [0.4, 0.5) is 11.5 Å². The molecule has 0 unspecified atom stereocenters. The molecule has 7 N–H and O–H groups in total. The zero-order chi connectivity index (χ0) is 44.4. The molecular formula is C45H73N7O7S. The number of carbonyl (C=O) groups excluding carboxylic acids is 4. The topological polar surface area (TPSA) is 205 Å². The van der Waals surface area contributed by atoms with Crippen LogP contribution in [0.15, 0.2) is 29.6 Å². The summed E-state index contributed by atoms with van der Waals surface area (Å²) >= 11 is 1.36. The Morgan fingerprint density at radius 2 is 1.73 bits per heavy atom. The molecule has 0 spiro atoms. The van der Waals surface area contributed by atoms with Crippen LogP contribution in [-0.2, 0) is 35.1 Å². The molecule has 0 radical (unpaired) electrons. The molecule has 1 fully saturated rings. The lowest BCUT2D eigenvalue weighted by Crippen LogP contribution is -2.55. The molecule has 1 aliphatic heterocycles. The van der Waals surface area contributed by atoms with Crippen LogP contribution in [0.1, 0.15) is 136 Å². The highest BCUT2D eigenvalue weighted by molar-refractivity contribution is 7.10. The predicted molar refractivity (Wildman–Crippen MR) is 238 cm³/mol. The molecule has 3 rings (SSSR count). The first-order valence-corrected chi connectivity index (χ1v) is 23.0. The number of carboxylic acid groups (broad SMARTS) is 1. The summed E-state index contributed by atoms with van der Waals surface area (Å²) in [7, 11) is 0. The normalized spacial score (nSPS) is 16.9. The van der Waals surface area contributed by atoms with Crippen molar-refractivity contribution in [3.05, 3.63) is 40.2 Å². The molecule has 15 heteroatoms. The van der Waals surface area contributed by atoms with Gasteiger partial charge in [0.25, 0.3) is 0 Å². The molecule has 2 aromatic rings. The van der Waals surface area contributed by atoms with Crippen LogP contribution in [0.25, 0.3) is 0 Å². The van der Waals surface area contributed by atoms with Gasteiger partial charge in [-0.1, -0.05) is 72.4 Å². The van der Waals surface area contributed by atoms with E-state index in [0.29, 0.717) is 42.5 Å². The van der Waals surface area contributed by atoms with E-state index in [1.165, 1.54) is 11.3 Å². The first-order valence-electron chi connectivity index (χ1n) is 22.1. The number of thiazole rings is 1. The number of benzene rings is 1. The van der Waals surface area contributed by atoms with Gasteiger partial charge >= 0.3 is 5.97 Å². The van der Waals surface area contributed by atoms with Crippen LogP contribution < -0.4 is 27.0 Å². The molecule has 14 nitrogen and oxygen atoms in total. The minimum absolute atomic E-state index is 0.0345. The van der Waals surface area contributed by atoms with Gasteiger partial charge in [-0.25, -0.2) is 4.98 Å². The molecule has 1 saturated heterocycles. The van der Waals surface area contributed by atoms with Gasteiger partial charge in [-0.2, -0.15) is 0 Å². The number of nitrogens with two attached hydrogens (primary N) is 1. The maximum absolute atomic E-state index is 14.8. The van der Waals surface area contributed by atoms with Crippen LogP contribution >= 0.6 is 11.3 Å². The second-order valence-corrected chi connectivity index (χ2v) is 18.2. The van der Waals surface area contributed by atoms with Crippen LogP contribution in [0.5, 0.6) is 0 Å². The highest BCUT2D eigenvalue weighted by Gasteiger charge is 2.40. The zero-order valence-corrected chi connectivity index (χ0v) is 38.1. The molecule has 1 aromatic carbocycles. The molecule has 0 bridgehead atoms. The van der Waals surface area contributed by atoms with Crippen molar-refractivity contribution >= 4 is 52.4 Å². The Morgan fingerprint density at radius 1 is 1.02 bits per heavy atom. The number of piperidine rings is 1. The summed E-state index contributed by atoms with van der Waals surface area (Å²) in [5.74, 6) is -3.41. The number of hydrogen-bond acceptors (Lipinski definition) is 10. The highest BCUT2D eigenvalue weighted by atomic mass is 32.1. The monoisotopic (exact) mass is 856 g/mol. The number of carbonyl (C=O) groups is 5. The fraction of sp³-hybridized carbons (Fsp3) is 0.689. The average molecular weight is 856 g/mol. The number of rotatable bonds is 26. The fourth-order valence-electron chi connectivity index (χ4n) is 7.74.